The zero-order chi connectivity index (χ0) is 13.1. The predicted octanol–water partition coefficient (Wildman–Crippen LogP) is 0.673. The summed E-state index contributed by atoms with van der Waals surface area (Å²) in [7, 11) is 0. The van der Waals surface area contributed by atoms with E-state index < -0.39 is 11.6 Å². The van der Waals surface area contributed by atoms with Gasteiger partial charge >= 0.3 is 11.6 Å². The van der Waals surface area contributed by atoms with Crippen molar-refractivity contribution in [2.75, 3.05) is 6.54 Å². The van der Waals surface area contributed by atoms with Gasteiger partial charge in [0.2, 0.25) is 0 Å². The van der Waals surface area contributed by atoms with Crippen LogP contribution in [0.25, 0.3) is 11.0 Å². The molecule has 1 heterocycles. The molecule has 0 atom stereocenters. The molecule has 0 aliphatic carbocycles. The van der Waals surface area contributed by atoms with Crippen molar-refractivity contribution in [1.82, 2.24) is 5.32 Å². The summed E-state index contributed by atoms with van der Waals surface area (Å²) in [5.41, 5.74) is 0.111. The Hall–Kier alpha value is -2.34. The van der Waals surface area contributed by atoms with Gasteiger partial charge in [0.1, 0.15) is 11.3 Å². The molecule has 0 saturated carbocycles. The monoisotopic (exact) mass is 249 g/mol. The van der Waals surface area contributed by atoms with Crippen LogP contribution in [0.3, 0.4) is 0 Å². The minimum atomic E-state index is -1.00. The molecule has 6 heteroatoms. The van der Waals surface area contributed by atoms with Crippen molar-refractivity contribution >= 4 is 16.9 Å². The molecule has 0 spiro atoms. The maximum atomic E-state index is 11.2. The molecule has 0 saturated heterocycles. The van der Waals surface area contributed by atoms with Gasteiger partial charge in [-0.1, -0.05) is 0 Å². The second-order valence-corrected chi connectivity index (χ2v) is 3.73. The first kappa shape index (κ1) is 12.1. The molecule has 6 nitrogen and oxygen atoms in total. The highest BCUT2D eigenvalue weighted by atomic mass is 16.4. The van der Waals surface area contributed by atoms with Crippen LogP contribution in [0.4, 0.5) is 0 Å². The number of carboxylic acid groups (broad SMARTS) is 1. The number of fused-ring (bicyclic) bond motifs is 1. The van der Waals surface area contributed by atoms with Gasteiger partial charge in [-0.05, 0) is 18.2 Å². The van der Waals surface area contributed by atoms with Crippen LogP contribution < -0.4 is 10.9 Å². The molecule has 1 aromatic heterocycles. The van der Waals surface area contributed by atoms with Gasteiger partial charge in [-0.25, -0.2) is 4.79 Å². The summed E-state index contributed by atoms with van der Waals surface area (Å²) in [5.74, 6) is -1.05. The third-order valence-electron chi connectivity index (χ3n) is 2.45. The van der Waals surface area contributed by atoms with E-state index in [1.165, 1.54) is 12.1 Å². The molecule has 2 aromatic rings. The lowest BCUT2D eigenvalue weighted by Crippen LogP contribution is -2.22. The van der Waals surface area contributed by atoms with Crippen LogP contribution in [-0.4, -0.2) is 22.7 Å². The highest BCUT2D eigenvalue weighted by Gasteiger charge is 2.10. The molecule has 0 fully saturated rings. The lowest BCUT2D eigenvalue weighted by atomic mass is 10.1. The number of carboxylic acids is 1. The van der Waals surface area contributed by atoms with E-state index in [4.69, 9.17) is 9.52 Å². The van der Waals surface area contributed by atoms with Gasteiger partial charge in [-0.2, -0.15) is 0 Å². The Morgan fingerprint density at radius 2 is 2.00 bits per heavy atom. The zero-order valence-corrected chi connectivity index (χ0v) is 9.34. The molecule has 0 unspecified atom stereocenters. The zero-order valence-electron chi connectivity index (χ0n) is 9.34. The van der Waals surface area contributed by atoms with Crippen molar-refractivity contribution in [3.8, 4) is 5.75 Å². The van der Waals surface area contributed by atoms with Gasteiger partial charge in [0.05, 0.1) is 12.1 Å². The van der Waals surface area contributed by atoms with Gasteiger partial charge in [0.25, 0.3) is 0 Å². The molecule has 0 amide bonds. The van der Waals surface area contributed by atoms with E-state index in [1.54, 1.807) is 12.1 Å². The van der Waals surface area contributed by atoms with Crippen LogP contribution in [-0.2, 0) is 11.3 Å². The van der Waals surface area contributed by atoms with E-state index in [2.05, 4.69) is 5.32 Å². The van der Waals surface area contributed by atoms with Crippen LogP contribution in [0.1, 0.15) is 5.56 Å². The summed E-state index contributed by atoms with van der Waals surface area (Å²) in [6.07, 6.45) is 0. The average molecular weight is 249 g/mol. The van der Waals surface area contributed by atoms with E-state index in [-0.39, 0.29) is 24.4 Å². The van der Waals surface area contributed by atoms with Crippen LogP contribution >= 0.6 is 0 Å². The molecule has 1 aromatic carbocycles. The molecule has 0 bridgehead atoms. The Bertz CT molecular complexity index is 646. The number of benzene rings is 1. The first-order chi connectivity index (χ1) is 8.58. The summed E-state index contributed by atoms with van der Waals surface area (Å²) in [6.45, 7) is -0.144. The molecule has 0 aliphatic rings. The van der Waals surface area contributed by atoms with Crippen molar-refractivity contribution in [2.45, 2.75) is 6.54 Å². The lowest BCUT2D eigenvalue weighted by Gasteiger charge is -2.07. The van der Waals surface area contributed by atoms with Gasteiger partial charge in [-0.15, -0.1) is 0 Å². The molecule has 18 heavy (non-hydrogen) atoms. The SMILES string of the molecule is O=C(O)CNCc1c(O)ccc2ccc(=O)oc12. The largest absolute Gasteiger partial charge is 0.507 e. The minimum Gasteiger partial charge on any atom is -0.507 e. The quantitative estimate of drug-likeness (QED) is 0.689. The van der Waals surface area contributed by atoms with Crippen LogP contribution in [0, 0.1) is 0 Å². The van der Waals surface area contributed by atoms with E-state index in [0.717, 1.165) is 0 Å². The third kappa shape index (κ3) is 2.49. The number of hydrogen-bond donors (Lipinski definition) is 3. The molecule has 3 N–H and O–H groups in total. The number of carbonyl (C=O) groups is 1. The first-order valence-electron chi connectivity index (χ1n) is 5.25. The predicted molar refractivity (Wildman–Crippen MR) is 63.5 cm³/mol. The third-order valence-corrected chi connectivity index (χ3v) is 2.45. The van der Waals surface area contributed by atoms with Crippen LogP contribution in [0.15, 0.2) is 33.5 Å². The maximum Gasteiger partial charge on any atom is 0.336 e. The Kier molecular flexibility index (Phi) is 3.29. The van der Waals surface area contributed by atoms with Crippen molar-refractivity contribution < 1.29 is 19.4 Å². The normalized spacial score (nSPS) is 10.7. The fourth-order valence-corrected chi connectivity index (χ4v) is 1.65. The number of phenolic OH excluding ortho intramolecular Hbond substituents is 1. The number of aliphatic carboxylic acids is 1. The summed E-state index contributed by atoms with van der Waals surface area (Å²) in [4.78, 5) is 21.6. The van der Waals surface area contributed by atoms with Crippen molar-refractivity contribution in [3.63, 3.8) is 0 Å². The Balaban J connectivity index is 2.40. The topological polar surface area (TPSA) is 99.8 Å². The Labute approximate surface area is 101 Å². The van der Waals surface area contributed by atoms with Gasteiger partial charge in [-0.3, -0.25) is 4.79 Å². The number of rotatable bonds is 4. The van der Waals surface area contributed by atoms with E-state index >= 15 is 0 Å². The van der Waals surface area contributed by atoms with E-state index in [9.17, 15) is 14.7 Å². The number of hydrogen-bond acceptors (Lipinski definition) is 5. The summed E-state index contributed by atoms with van der Waals surface area (Å²) < 4.78 is 5.03. The Morgan fingerprint density at radius 3 is 2.72 bits per heavy atom. The molecule has 2 rings (SSSR count). The van der Waals surface area contributed by atoms with E-state index in [0.29, 0.717) is 10.9 Å². The summed E-state index contributed by atoms with van der Waals surface area (Å²) >= 11 is 0. The van der Waals surface area contributed by atoms with E-state index in [1.807, 2.05) is 0 Å². The molecule has 0 radical (unpaired) electrons. The fourth-order valence-electron chi connectivity index (χ4n) is 1.65. The number of aromatic hydroxyl groups is 1. The average Bonchev–Trinajstić information content (AvgIpc) is 2.31. The maximum absolute atomic E-state index is 11.2. The van der Waals surface area contributed by atoms with Gasteiger partial charge in [0, 0.05) is 18.0 Å². The number of phenols is 1. The van der Waals surface area contributed by atoms with Crippen LogP contribution in [0.5, 0.6) is 5.75 Å². The second kappa shape index (κ2) is 4.89. The smallest absolute Gasteiger partial charge is 0.336 e. The van der Waals surface area contributed by atoms with Crippen LogP contribution in [0.2, 0.25) is 0 Å². The second-order valence-electron chi connectivity index (χ2n) is 3.73. The first-order valence-corrected chi connectivity index (χ1v) is 5.25. The van der Waals surface area contributed by atoms with Gasteiger partial charge < -0.3 is 19.9 Å². The highest BCUT2D eigenvalue weighted by Crippen LogP contribution is 2.25. The van der Waals surface area contributed by atoms with Gasteiger partial charge in [0.15, 0.2) is 0 Å². The molecular weight excluding hydrogens is 238 g/mol. The molecule has 0 aliphatic heterocycles. The summed E-state index contributed by atoms with van der Waals surface area (Å²) in [5, 5.41) is 21.5. The molecule has 94 valence electrons. The van der Waals surface area contributed by atoms with Crippen molar-refractivity contribution in [3.05, 3.63) is 40.2 Å². The summed E-state index contributed by atoms with van der Waals surface area (Å²) in [6, 6.07) is 5.96. The number of nitrogens with one attached hydrogen (secondary N) is 1. The van der Waals surface area contributed by atoms with Crippen molar-refractivity contribution in [2.24, 2.45) is 0 Å². The minimum absolute atomic E-state index is 0.0465. The standard InChI is InChI=1S/C12H11NO5/c14-9-3-1-7-2-4-11(17)18-12(7)8(9)5-13-6-10(15)16/h1-4,13-14H,5-6H2,(H,15,16). The molecular formula is C12H11NO5. The van der Waals surface area contributed by atoms with Crippen molar-refractivity contribution in [1.29, 1.82) is 0 Å². The lowest BCUT2D eigenvalue weighted by molar-refractivity contribution is -0.136. The Morgan fingerprint density at radius 1 is 1.28 bits per heavy atom. The highest BCUT2D eigenvalue weighted by molar-refractivity contribution is 5.82. The fraction of sp³-hybridized carbons (Fsp3) is 0.167.